The van der Waals surface area contributed by atoms with Gasteiger partial charge in [0, 0.05) is 11.6 Å². The minimum absolute atomic E-state index is 0.305. The number of hydrogen-bond donors (Lipinski definition) is 2. The van der Waals surface area contributed by atoms with Gasteiger partial charge in [-0.2, -0.15) is 0 Å². The molecule has 1 aromatic carbocycles. The Balaban J connectivity index is 2.39. The van der Waals surface area contributed by atoms with Crippen LogP contribution in [0.3, 0.4) is 0 Å². The summed E-state index contributed by atoms with van der Waals surface area (Å²) in [4.78, 5) is 20.9. The molecule has 1 aromatic rings. The van der Waals surface area contributed by atoms with Gasteiger partial charge in [-0.25, -0.2) is 8.78 Å². The monoisotopic (exact) mass is 286 g/mol. The smallest absolute Gasteiger partial charge is 0.305 e. The average Bonchev–Trinajstić information content (AvgIpc) is 2.31. The fraction of sp³-hybridized carbons (Fsp3) is 0.417. The van der Waals surface area contributed by atoms with Crippen LogP contribution in [0, 0.1) is 21.7 Å². The van der Waals surface area contributed by atoms with Crippen molar-refractivity contribution in [1.29, 1.82) is 0 Å². The van der Waals surface area contributed by atoms with Gasteiger partial charge < -0.3 is 10.4 Å². The first-order chi connectivity index (χ1) is 9.34. The van der Waals surface area contributed by atoms with E-state index in [0.717, 1.165) is 12.5 Å². The molecule has 20 heavy (non-hydrogen) atoms. The molecule has 1 aliphatic carbocycles. The Morgan fingerprint density at radius 3 is 2.55 bits per heavy atom. The molecule has 2 rings (SSSR count). The Labute approximate surface area is 112 Å². The van der Waals surface area contributed by atoms with E-state index in [0.29, 0.717) is 18.9 Å². The number of nitro groups is 1. The molecule has 0 saturated heterocycles. The van der Waals surface area contributed by atoms with Crippen molar-refractivity contribution in [2.75, 3.05) is 5.32 Å². The number of carboxylic acid groups (broad SMARTS) is 1. The van der Waals surface area contributed by atoms with E-state index in [4.69, 9.17) is 5.11 Å². The second-order valence-corrected chi connectivity index (χ2v) is 4.84. The predicted molar refractivity (Wildman–Crippen MR) is 65.5 cm³/mol. The minimum atomic E-state index is -1.36. The zero-order chi connectivity index (χ0) is 14.9. The highest BCUT2D eigenvalue weighted by atomic mass is 19.2. The second-order valence-electron chi connectivity index (χ2n) is 4.84. The molecular formula is C12H12F2N2O4. The first kappa shape index (κ1) is 14.2. The number of anilines is 1. The van der Waals surface area contributed by atoms with Gasteiger partial charge in [0.05, 0.1) is 11.3 Å². The lowest BCUT2D eigenvalue weighted by Gasteiger charge is -2.42. The van der Waals surface area contributed by atoms with E-state index in [1.165, 1.54) is 0 Å². The normalized spacial score (nSPS) is 16.3. The lowest BCUT2D eigenvalue weighted by Crippen LogP contribution is -2.47. The van der Waals surface area contributed by atoms with Gasteiger partial charge in [0.25, 0.3) is 5.69 Å². The quantitative estimate of drug-likeness (QED) is 0.641. The van der Waals surface area contributed by atoms with Gasteiger partial charge in [0.1, 0.15) is 0 Å². The zero-order valence-corrected chi connectivity index (χ0v) is 10.4. The van der Waals surface area contributed by atoms with Crippen LogP contribution in [0.25, 0.3) is 0 Å². The number of benzene rings is 1. The number of nitro benzene ring substituents is 1. The summed E-state index contributed by atoms with van der Waals surface area (Å²) in [6, 6.07) is 1.52. The first-order valence-electron chi connectivity index (χ1n) is 5.97. The largest absolute Gasteiger partial charge is 0.481 e. The number of halogens is 2. The Hall–Kier alpha value is -2.25. The summed E-state index contributed by atoms with van der Waals surface area (Å²) in [6.07, 6.45) is 1.30. The van der Waals surface area contributed by atoms with Gasteiger partial charge in [0.2, 0.25) is 0 Å². The summed E-state index contributed by atoms with van der Waals surface area (Å²) in [7, 11) is 0. The molecule has 1 saturated carbocycles. The summed E-state index contributed by atoms with van der Waals surface area (Å²) >= 11 is 0. The molecule has 0 aromatic heterocycles. The van der Waals surface area contributed by atoms with E-state index >= 15 is 0 Å². The fourth-order valence-corrected chi connectivity index (χ4v) is 2.32. The molecule has 1 aliphatic rings. The third-order valence-electron chi connectivity index (χ3n) is 3.46. The van der Waals surface area contributed by atoms with Gasteiger partial charge in [-0.3, -0.25) is 14.9 Å². The zero-order valence-electron chi connectivity index (χ0n) is 10.4. The van der Waals surface area contributed by atoms with Crippen molar-refractivity contribution in [3.8, 4) is 0 Å². The van der Waals surface area contributed by atoms with Gasteiger partial charge in [0.15, 0.2) is 17.3 Å². The number of carboxylic acids is 1. The van der Waals surface area contributed by atoms with Crippen molar-refractivity contribution in [1.82, 2.24) is 0 Å². The van der Waals surface area contributed by atoms with Crippen LogP contribution in [0.5, 0.6) is 0 Å². The van der Waals surface area contributed by atoms with E-state index in [1.54, 1.807) is 0 Å². The summed E-state index contributed by atoms with van der Waals surface area (Å²) in [5.41, 5.74) is -2.15. The van der Waals surface area contributed by atoms with E-state index in [2.05, 4.69) is 5.32 Å². The van der Waals surface area contributed by atoms with Crippen LogP contribution in [0.1, 0.15) is 25.7 Å². The Bertz CT molecular complexity index is 573. The van der Waals surface area contributed by atoms with Gasteiger partial charge in [-0.15, -0.1) is 0 Å². The molecule has 8 heteroatoms. The number of nitrogens with one attached hydrogen (secondary N) is 1. The molecule has 0 spiro atoms. The van der Waals surface area contributed by atoms with Crippen LogP contribution in [0.4, 0.5) is 20.2 Å². The summed E-state index contributed by atoms with van der Waals surface area (Å²) in [5.74, 6) is -3.68. The third kappa shape index (κ3) is 2.54. The van der Waals surface area contributed by atoms with Gasteiger partial charge >= 0.3 is 5.97 Å². The predicted octanol–water partition coefficient (Wildman–Crippen LogP) is 2.68. The molecule has 0 atom stereocenters. The van der Waals surface area contributed by atoms with E-state index in [-0.39, 0.29) is 6.42 Å². The van der Waals surface area contributed by atoms with E-state index < -0.39 is 39.4 Å². The highest BCUT2D eigenvalue weighted by Crippen LogP contribution is 2.41. The Kier molecular flexibility index (Phi) is 3.56. The fourth-order valence-electron chi connectivity index (χ4n) is 2.32. The second kappa shape index (κ2) is 5.03. The van der Waals surface area contributed by atoms with Crippen molar-refractivity contribution in [2.24, 2.45) is 0 Å². The lowest BCUT2D eigenvalue weighted by molar-refractivity contribution is -0.384. The van der Waals surface area contributed by atoms with E-state index in [9.17, 15) is 23.7 Å². The van der Waals surface area contributed by atoms with Gasteiger partial charge in [-0.1, -0.05) is 0 Å². The van der Waals surface area contributed by atoms with Crippen molar-refractivity contribution in [3.05, 3.63) is 33.9 Å². The molecule has 108 valence electrons. The van der Waals surface area contributed by atoms with Crippen molar-refractivity contribution < 1.29 is 23.6 Å². The van der Waals surface area contributed by atoms with Crippen LogP contribution in [0.15, 0.2) is 12.1 Å². The topological polar surface area (TPSA) is 92.5 Å². The number of aliphatic carboxylic acids is 1. The van der Waals surface area contributed by atoms with Gasteiger partial charge in [-0.05, 0) is 25.3 Å². The van der Waals surface area contributed by atoms with Crippen LogP contribution < -0.4 is 5.32 Å². The highest BCUT2D eigenvalue weighted by Gasteiger charge is 2.41. The number of nitrogens with zero attached hydrogens (tertiary/aromatic N) is 1. The molecule has 2 N–H and O–H groups in total. The van der Waals surface area contributed by atoms with Crippen LogP contribution in [0.2, 0.25) is 0 Å². The molecule has 0 aliphatic heterocycles. The Morgan fingerprint density at radius 1 is 1.45 bits per heavy atom. The number of hydrogen-bond acceptors (Lipinski definition) is 4. The lowest BCUT2D eigenvalue weighted by atomic mass is 9.74. The average molecular weight is 286 g/mol. The molecule has 0 amide bonds. The SMILES string of the molecule is O=C(O)CC1(Nc2c([N+](=O)[O-])ccc(F)c2F)CCC1. The third-order valence-corrected chi connectivity index (χ3v) is 3.46. The molecule has 6 nitrogen and oxygen atoms in total. The van der Waals surface area contributed by atoms with Crippen molar-refractivity contribution >= 4 is 17.3 Å². The van der Waals surface area contributed by atoms with Crippen LogP contribution >= 0.6 is 0 Å². The molecule has 0 unspecified atom stereocenters. The highest BCUT2D eigenvalue weighted by molar-refractivity contribution is 5.71. The summed E-state index contributed by atoms with van der Waals surface area (Å²) in [5, 5.41) is 22.3. The van der Waals surface area contributed by atoms with Crippen LogP contribution in [-0.2, 0) is 4.79 Å². The molecule has 0 bridgehead atoms. The number of carbonyl (C=O) groups is 1. The summed E-state index contributed by atoms with van der Waals surface area (Å²) < 4.78 is 27.0. The maximum Gasteiger partial charge on any atom is 0.305 e. The van der Waals surface area contributed by atoms with Crippen molar-refractivity contribution in [3.63, 3.8) is 0 Å². The Morgan fingerprint density at radius 2 is 2.10 bits per heavy atom. The maximum atomic E-state index is 13.8. The molecule has 0 heterocycles. The first-order valence-corrected chi connectivity index (χ1v) is 5.97. The van der Waals surface area contributed by atoms with E-state index in [1.807, 2.05) is 0 Å². The number of rotatable bonds is 5. The molecule has 0 radical (unpaired) electrons. The molecular weight excluding hydrogens is 274 g/mol. The van der Waals surface area contributed by atoms with Crippen molar-refractivity contribution in [2.45, 2.75) is 31.2 Å². The van der Waals surface area contributed by atoms with Crippen LogP contribution in [-0.4, -0.2) is 21.5 Å². The standard InChI is InChI=1S/C12H12F2N2O4/c13-7-2-3-8(16(19)20)11(10(7)14)15-12(4-1-5-12)6-9(17)18/h2-3,15H,1,4-6H2,(H,17,18). The minimum Gasteiger partial charge on any atom is -0.481 e. The molecule has 1 fully saturated rings. The summed E-state index contributed by atoms with van der Waals surface area (Å²) in [6.45, 7) is 0. The maximum absolute atomic E-state index is 13.8.